The third-order valence-electron chi connectivity index (χ3n) is 10.2. The molecule has 4 nitrogen and oxygen atoms in total. The van der Waals surface area contributed by atoms with Crippen molar-refractivity contribution in [2.75, 3.05) is 19.6 Å². The fourth-order valence-electron chi connectivity index (χ4n) is 7.66. The van der Waals surface area contributed by atoms with E-state index in [4.69, 9.17) is 8.85 Å². The van der Waals surface area contributed by atoms with Crippen molar-refractivity contribution in [2.24, 2.45) is 0 Å². The van der Waals surface area contributed by atoms with Gasteiger partial charge in [0, 0.05) is 23.1 Å². The SMILES string of the molecule is CCCC[N+](CCCC)(CCCC)C(CCC)c1c(O[Si](=O)Oc2ccccc2)c(-c2ccccc2)c(-c2ccccc2)c(F)c1-c1ccccc1. The Balaban J connectivity index is 1.97. The number of halogens is 1. The molecule has 0 saturated carbocycles. The fraction of sp³-hybridized carbons (Fsp3) is 0.348. The molecule has 0 N–H and O–H groups in total. The summed E-state index contributed by atoms with van der Waals surface area (Å²) in [5.74, 6) is 0.630. The van der Waals surface area contributed by atoms with Crippen molar-refractivity contribution >= 4 is 9.17 Å². The monoisotopic (exact) mass is 716 g/mol. The maximum Gasteiger partial charge on any atom is 0.778 e. The maximum absolute atomic E-state index is 18.3. The van der Waals surface area contributed by atoms with Crippen molar-refractivity contribution in [3.8, 4) is 44.9 Å². The third kappa shape index (κ3) is 9.15. The van der Waals surface area contributed by atoms with Gasteiger partial charge in [-0.2, -0.15) is 0 Å². The second-order valence-corrected chi connectivity index (χ2v) is 14.7. The summed E-state index contributed by atoms with van der Waals surface area (Å²) in [6.07, 6.45) is 8.13. The van der Waals surface area contributed by atoms with Crippen LogP contribution in [0.25, 0.3) is 33.4 Å². The molecule has 0 amide bonds. The Bertz CT molecular complexity index is 1810. The van der Waals surface area contributed by atoms with Gasteiger partial charge in [0.1, 0.15) is 23.4 Å². The van der Waals surface area contributed by atoms with E-state index in [0.717, 1.165) is 97.7 Å². The first kappa shape index (κ1) is 38.8. The van der Waals surface area contributed by atoms with Gasteiger partial charge in [0.05, 0.1) is 25.2 Å². The zero-order valence-corrected chi connectivity index (χ0v) is 32.5. The largest absolute Gasteiger partial charge is 0.778 e. The van der Waals surface area contributed by atoms with E-state index < -0.39 is 9.17 Å². The van der Waals surface area contributed by atoms with Gasteiger partial charge < -0.3 is 13.3 Å². The molecule has 0 aromatic heterocycles. The van der Waals surface area contributed by atoms with Gasteiger partial charge in [-0.3, -0.25) is 4.46 Å². The molecule has 6 heteroatoms. The van der Waals surface area contributed by atoms with Gasteiger partial charge in [-0.05, 0) is 48.1 Å². The molecule has 0 heterocycles. The van der Waals surface area contributed by atoms with Crippen molar-refractivity contribution < 1.29 is 22.2 Å². The van der Waals surface area contributed by atoms with Gasteiger partial charge in [0.25, 0.3) is 0 Å². The first-order valence-corrected chi connectivity index (χ1v) is 20.6. The molecule has 0 radical (unpaired) electrons. The molecule has 5 rings (SSSR count). The average Bonchev–Trinajstić information content (AvgIpc) is 3.18. The zero-order valence-electron chi connectivity index (χ0n) is 31.5. The fourth-order valence-corrected chi connectivity index (χ4v) is 8.41. The second kappa shape index (κ2) is 19.4. The summed E-state index contributed by atoms with van der Waals surface area (Å²) in [5, 5.41) is 0. The first-order valence-electron chi connectivity index (χ1n) is 19.3. The molecule has 0 saturated heterocycles. The second-order valence-electron chi connectivity index (χ2n) is 13.8. The zero-order chi connectivity index (χ0) is 36.8. The van der Waals surface area contributed by atoms with Crippen molar-refractivity contribution in [3.63, 3.8) is 0 Å². The van der Waals surface area contributed by atoms with Crippen LogP contribution in [-0.4, -0.2) is 33.3 Å². The predicted octanol–water partition coefficient (Wildman–Crippen LogP) is 12.8. The van der Waals surface area contributed by atoms with Crippen molar-refractivity contribution in [2.45, 2.75) is 85.1 Å². The van der Waals surface area contributed by atoms with E-state index in [2.05, 4.69) is 27.7 Å². The van der Waals surface area contributed by atoms with E-state index >= 15 is 4.39 Å². The van der Waals surface area contributed by atoms with E-state index in [9.17, 15) is 4.46 Å². The Morgan fingerprint density at radius 3 is 1.42 bits per heavy atom. The topological polar surface area (TPSA) is 35.5 Å². The lowest BCUT2D eigenvalue weighted by molar-refractivity contribution is -0.958. The molecular formula is C46H55FNO3Si+. The van der Waals surface area contributed by atoms with Gasteiger partial charge in [-0.15, -0.1) is 0 Å². The van der Waals surface area contributed by atoms with E-state index in [1.807, 2.05) is 109 Å². The number of para-hydroxylation sites is 1. The van der Waals surface area contributed by atoms with Gasteiger partial charge in [-0.1, -0.05) is 163 Å². The van der Waals surface area contributed by atoms with Crippen LogP contribution in [0.15, 0.2) is 121 Å². The number of unbranched alkanes of at least 4 members (excludes halogenated alkanes) is 3. The Morgan fingerprint density at radius 1 is 0.558 bits per heavy atom. The van der Waals surface area contributed by atoms with Gasteiger partial charge >= 0.3 is 9.17 Å². The van der Waals surface area contributed by atoms with Crippen molar-refractivity contribution in [1.82, 2.24) is 0 Å². The smallest absolute Gasteiger partial charge is 0.459 e. The molecule has 1 atom stereocenters. The molecule has 0 bridgehead atoms. The van der Waals surface area contributed by atoms with Crippen LogP contribution in [0.4, 0.5) is 4.39 Å². The molecule has 0 aliphatic heterocycles. The molecule has 5 aromatic carbocycles. The maximum atomic E-state index is 18.3. The molecule has 1 unspecified atom stereocenters. The van der Waals surface area contributed by atoms with Crippen LogP contribution in [0.5, 0.6) is 11.5 Å². The quantitative estimate of drug-likeness (QED) is 0.0594. The van der Waals surface area contributed by atoms with Crippen LogP contribution >= 0.6 is 0 Å². The number of quaternary nitrogens is 1. The van der Waals surface area contributed by atoms with Crippen LogP contribution < -0.4 is 8.85 Å². The Morgan fingerprint density at radius 2 is 0.981 bits per heavy atom. The summed E-state index contributed by atoms with van der Waals surface area (Å²) in [7, 11) is -3.18. The highest BCUT2D eigenvalue weighted by molar-refractivity contribution is 6.29. The van der Waals surface area contributed by atoms with Crippen molar-refractivity contribution in [1.29, 1.82) is 0 Å². The predicted molar refractivity (Wildman–Crippen MR) is 214 cm³/mol. The lowest BCUT2D eigenvalue weighted by atomic mass is 9.81. The van der Waals surface area contributed by atoms with Gasteiger partial charge in [0.15, 0.2) is 0 Å². The van der Waals surface area contributed by atoms with E-state index in [0.29, 0.717) is 28.2 Å². The summed E-state index contributed by atoms with van der Waals surface area (Å²) in [5.41, 5.74) is 4.66. The summed E-state index contributed by atoms with van der Waals surface area (Å²) in [4.78, 5) is 0. The Labute approximate surface area is 312 Å². The van der Waals surface area contributed by atoms with Crippen LogP contribution in [0, 0.1) is 5.82 Å². The minimum atomic E-state index is -3.18. The first-order chi connectivity index (χ1) is 25.5. The molecule has 52 heavy (non-hydrogen) atoms. The molecule has 0 aliphatic carbocycles. The summed E-state index contributed by atoms with van der Waals surface area (Å²) in [6, 6.07) is 38.5. The van der Waals surface area contributed by atoms with Crippen molar-refractivity contribution in [3.05, 3.63) is 133 Å². The minimum Gasteiger partial charge on any atom is -0.459 e. The van der Waals surface area contributed by atoms with Crippen LogP contribution in [0.2, 0.25) is 0 Å². The number of hydrogen-bond acceptors (Lipinski definition) is 3. The number of hydrogen-bond donors (Lipinski definition) is 0. The molecule has 272 valence electrons. The summed E-state index contributed by atoms with van der Waals surface area (Å²) in [6.45, 7) is 11.9. The molecule has 5 aromatic rings. The minimum absolute atomic E-state index is 0.117. The highest BCUT2D eigenvalue weighted by Crippen LogP contribution is 2.53. The molecule has 0 fully saturated rings. The molecular weight excluding hydrogens is 662 g/mol. The number of nitrogens with zero attached hydrogens (tertiary/aromatic N) is 1. The summed E-state index contributed by atoms with van der Waals surface area (Å²) >= 11 is 0. The molecule has 0 spiro atoms. The van der Waals surface area contributed by atoms with Gasteiger partial charge in [0.2, 0.25) is 0 Å². The van der Waals surface area contributed by atoms with E-state index in [-0.39, 0.29) is 11.9 Å². The van der Waals surface area contributed by atoms with Gasteiger partial charge in [-0.25, -0.2) is 4.39 Å². The van der Waals surface area contributed by atoms with E-state index in [1.54, 1.807) is 12.1 Å². The van der Waals surface area contributed by atoms with Crippen LogP contribution in [0.1, 0.15) is 90.7 Å². The van der Waals surface area contributed by atoms with Crippen LogP contribution in [0.3, 0.4) is 0 Å². The molecule has 0 aliphatic rings. The van der Waals surface area contributed by atoms with Crippen LogP contribution in [-0.2, 0) is 4.46 Å². The average molecular weight is 717 g/mol. The lowest BCUT2D eigenvalue weighted by Crippen LogP contribution is -2.53. The lowest BCUT2D eigenvalue weighted by Gasteiger charge is -2.47. The standard InChI is InChI=1S/C46H55FNO3Si/c1-5-9-33-48(34-10-6-2,35-11-7-3)40(24-8-4)44-42(37-27-18-13-19-28-37)45(47)41(36-25-16-12-17-26-36)43(38-29-20-14-21-30-38)46(44)51-52(49)50-39-31-22-15-23-32-39/h12-23,25-32,40H,5-11,24,33-35H2,1-4H3/q+1. The van der Waals surface area contributed by atoms with E-state index in [1.165, 1.54) is 0 Å². The summed E-state index contributed by atoms with van der Waals surface area (Å²) < 4.78 is 46.2. The third-order valence-corrected chi connectivity index (χ3v) is 10.9. The highest BCUT2D eigenvalue weighted by Gasteiger charge is 2.43. The normalized spacial score (nSPS) is 12.0. The number of rotatable bonds is 20. The Kier molecular flexibility index (Phi) is 14.5. The number of benzene rings is 5. The Hall–Kier alpha value is -4.39. The highest BCUT2D eigenvalue weighted by atomic mass is 28.3.